The summed E-state index contributed by atoms with van der Waals surface area (Å²) in [4.78, 5) is 0. The van der Waals surface area contributed by atoms with Crippen LogP contribution in [0.15, 0.2) is 11.8 Å². The minimum Gasteiger partial charge on any atom is -0.323 e. The molecule has 0 heterocycles. The zero-order chi connectivity index (χ0) is 9.78. The predicted molar refractivity (Wildman–Crippen MR) is 54.7 cm³/mol. The lowest BCUT2D eigenvalue weighted by molar-refractivity contribution is 0.268. The number of rotatable bonds is 4. The Balaban J connectivity index is 4.36. The van der Waals surface area contributed by atoms with Gasteiger partial charge in [-0.1, -0.05) is 26.8 Å². The van der Waals surface area contributed by atoms with Gasteiger partial charge in [-0.2, -0.15) is 0 Å². The number of hydrazine groups is 1. The maximum absolute atomic E-state index is 3.32. The third kappa shape index (κ3) is 3.26. The Bertz CT molecular complexity index is 157. The first-order valence-electron chi connectivity index (χ1n) is 4.54. The molecule has 0 radical (unpaired) electrons. The Morgan fingerprint density at radius 3 is 2.17 bits per heavy atom. The van der Waals surface area contributed by atoms with Gasteiger partial charge in [0.1, 0.15) is 0 Å². The summed E-state index contributed by atoms with van der Waals surface area (Å²) in [5, 5.41) is 1.98. The van der Waals surface area contributed by atoms with E-state index in [1.807, 2.05) is 19.1 Å². The fraction of sp³-hybridized carbons (Fsp3) is 0.800. The van der Waals surface area contributed by atoms with Gasteiger partial charge >= 0.3 is 0 Å². The van der Waals surface area contributed by atoms with Crippen molar-refractivity contribution >= 4 is 0 Å². The van der Waals surface area contributed by atoms with Crippen molar-refractivity contribution in [2.45, 2.75) is 34.1 Å². The van der Waals surface area contributed by atoms with E-state index in [0.717, 1.165) is 6.42 Å². The molecule has 0 aromatic carbocycles. The first kappa shape index (κ1) is 11.5. The molecule has 0 fully saturated rings. The van der Waals surface area contributed by atoms with E-state index in [1.165, 1.54) is 5.70 Å². The van der Waals surface area contributed by atoms with Gasteiger partial charge in [0, 0.05) is 25.2 Å². The molecule has 0 aromatic rings. The SMILES string of the molecule is C/C=C(/NN(C)C)C(C)(C)CC. The summed E-state index contributed by atoms with van der Waals surface area (Å²) >= 11 is 0. The predicted octanol–water partition coefficient (Wildman–Crippen LogP) is 2.39. The Labute approximate surface area is 76.6 Å². The van der Waals surface area contributed by atoms with Crippen molar-refractivity contribution in [1.82, 2.24) is 10.4 Å². The second-order valence-electron chi connectivity index (χ2n) is 3.95. The molecule has 0 aliphatic rings. The van der Waals surface area contributed by atoms with Crippen molar-refractivity contribution in [3.05, 3.63) is 11.8 Å². The molecule has 12 heavy (non-hydrogen) atoms. The molecule has 72 valence electrons. The monoisotopic (exact) mass is 170 g/mol. The van der Waals surface area contributed by atoms with Crippen LogP contribution in [0.1, 0.15) is 34.1 Å². The lowest BCUT2D eigenvalue weighted by Crippen LogP contribution is -2.35. The van der Waals surface area contributed by atoms with Crippen LogP contribution in [-0.4, -0.2) is 19.1 Å². The second-order valence-corrected chi connectivity index (χ2v) is 3.95. The first-order chi connectivity index (χ1) is 5.44. The Kier molecular flexibility index (Phi) is 4.32. The van der Waals surface area contributed by atoms with E-state index in [0.29, 0.717) is 0 Å². The highest BCUT2D eigenvalue weighted by Gasteiger charge is 2.20. The van der Waals surface area contributed by atoms with Crippen molar-refractivity contribution in [2.24, 2.45) is 5.41 Å². The van der Waals surface area contributed by atoms with Crippen molar-refractivity contribution in [3.63, 3.8) is 0 Å². The average Bonchev–Trinajstić information content (AvgIpc) is 1.99. The average molecular weight is 170 g/mol. The van der Waals surface area contributed by atoms with E-state index < -0.39 is 0 Å². The number of hydrogen-bond donors (Lipinski definition) is 1. The molecule has 0 bridgehead atoms. The Morgan fingerprint density at radius 2 is 1.92 bits per heavy atom. The number of allylic oxidation sites excluding steroid dienone is 2. The van der Waals surface area contributed by atoms with Crippen LogP contribution >= 0.6 is 0 Å². The van der Waals surface area contributed by atoms with E-state index in [-0.39, 0.29) is 5.41 Å². The van der Waals surface area contributed by atoms with Gasteiger partial charge in [-0.05, 0) is 13.3 Å². The van der Waals surface area contributed by atoms with E-state index in [1.54, 1.807) is 0 Å². The highest BCUT2D eigenvalue weighted by Crippen LogP contribution is 2.27. The zero-order valence-electron chi connectivity index (χ0n) is 9.23. The van der Waals surface area contributed by atoms with Gasteiger partial charge in [0.15, 0.2) is 0 Å². The molecular weight excluding hydrogens is 148 g/mol. The van der Waals surface area contributed by atoms with Gasteiger partial charge < -0.3 is 5.43 Å². The first-order valence-corrected chi connectivity index (χ1v) is 4.54. The molecule has 0 saturated carbocycles. The van der Waals surface area contributed by atoms with Crippen LogP contribution in [0.25, 0.3) is 0 Å². The van der Waals surface area contributed by atoms with Crippen LogP contribution in [0.4, 0.5) is 0 Å². The standard InChI is InChI=1S/C10H22N2/c1-7-9(11-12(5)6)10(3,4)8-2/h7,11H,8H2,1-6H3/b9-7+. The van der Waals surface area contributed by atoms with E-state index in [4.69, 9.17) is 0 Å². The highest BCUT2D eigenvalue weighted by molar-refractivity contribution is 5.07. The van der Waals surface area contributed by atoms with Crippen LogP contribution in [0, 0.1) is 5.41 Å². The van der Waals surface area contributed by atoms with Crippen molar-refractivity contribution in [1.29, 1.82) is 0 Å². The number of nitrogens with one attached hydrogen (secondary N) is 1. The van der Waals surface area contributed by atoms with Gasteiger partial charge in [-0.25, -0.2) is 5.01 Å². The van der Waals surface area contributed by atoms with Gasteiger partial charge in [-0.3, -0.25) is 0 Å². The van der Waals surface area contributed by atoms with Crippen LogP contribution in [0.5, 0.6) is 0 Å². The van der Waals surface area contributed by atoms with Gasteiger partial charge in [-0.15, -0.1) is 0 Å². The molecule has 2 nitrogen and oxygen atoms in total. The largest absolute Gasteiger partial charge is 0.323 e. The van der Waals surface area contributed by atoms with Crippen molar-refractivity contribution in [2.75, 3.05) is 14.1 Å². The van der Waals surface area contributed by atoms with Gasteiger partial charge in [0.25, 0.3) is 0 Å². The van der Waals surface area contributed by atoms with E-state index >= 15 is 0 Å². The minimum atomic E-state index is 0.249. The third-order valence-electron chi connectivity index (χ3n) is 2.25. The molecule has 0 saturated heterocycles. The molecule has 1 N–H and O–H groups in total. The fourth-order valence-electron chi connectivity index (χ4n) is 1.04. The van der Waals surface area contributed by atoms with Gasteiger partial charge in [0.2, 0.25) is 0 Å². The molecule has 2 heteroatoms. The molecule has 0 aliphatic heterocycles. The van der Waals surface area contributed by atoms with Crippen LogP contribution in [0.2, 0.25) is 0 Å². The van der Waals surface area contributed by atoms with E-state index in [9.17, 15) is 0 Å². The topological polar surface area (TPSA) is 15.3 Å². The van der Waals surface area contributed by atoms with Crippen LogP contribution < -0.4 is 5.43 Å². The summed E-state index contributed by atoms with van der Waals surface area (Å²) in [7, 11) is 4.02. The third-order valence-corrected chi connectivity index (χ3v) is 2.25. The Morgan fingerprint density at radius 1 is 1.42 bits per heavy atom. The summed E-state index contributed by atoms with van der Waals surface area (Å²) in [6, 6.07) is 0. The lowest BCUT2D eigenvalue weighted by Gasteiger charge is -2.30. The maximum Gasteiger partial charge on any atom is 0.0277 e. The second kappa shape index (κ2) is 4.51. The van der Waals surface area contributed by atoms with Crippen molar-refractivity contribution in [3.8, 4) is 0 Å². The lowest BCUT2D eigenvalue weighted by atomic mass is 9.86. The molecule has 0 unspecified atom stereocenters. The summed E-state index contributed by atoms with van der Waals surface area (Å²) in [6.45, 7) is 8.78. The summed E-state index contributed by atoms with van der Waals surface area (Å²) in [5.41, 5.74) is 4.85. The molecule has 0 aliphatic carbocycles. The smallest absolute Gasteiger partial charge is 0.0277 e. The molecule has 0 atom stereocenters. The summed E-state index contributed by atoms with van der Waals surface area (Å²) in [6.07, 6.45) is 3.29. The fourth-order valence-corrected chi connectivity index (χ4v) is 1.04. The Hall–Kier alpha value is -0.500. The molecular formula is C10H22N2. The summed E-state index contributed by atoms with van der Waals surface area (Å²) < 4.78 is 0. The number of nitrogens with zero attached hydrogens (tertiary/aromatic N) is 1. The van der Waals surface area contributed by atoms with Gasteiger partial charge in [0.05, 0.1) is 0 Å². The van der Waals surface area contributed by atoms with E-state index in [2.05, 4.69) is 39.2 Å². The maximum atomic E-state index is 3.32. The number of hydrogen-bond acceptors (Lipinski definition) is 2. The quantitative estimate of drug-likeness (QED) is 0.652. The van der Waals surface area contributed by atoms with Crippen molar-refractivity contribution < 1.29 is 0 Å². The minimum absolute atomic E-state index is 0.249. The van der Waals surface area contributed by atoms with Crippen LogP contribution in [0.3, 0.4) is 0 Å². The molecule has 0 rings (SSSR count). The molecule has 0 aromatic heterocycles. The zero-order valence-corrected chi connectivity index (χ0v) is 9.23. The van der Waals surface area contributed by atoms with Crippen LogP contribution in [-0.2, 0) is 0 Å². The highest BCUT2D eigenvalue weighted by atomic mass is 15.5. The molecule has 0 amide bonds. The normalized spacial score (nSPS) is 13.8. The molecule has 0 spiro atoms. The summed E-state index contributed by atoms with van der Waals surface area (Å²) in [5.74, 6) is 0.